The largest absolute Gasteiger partial charge is 0.392 e. The molecular formula is C41H47N3O4. The third kappa shape index (κ3) is 8.79. The fourth-order valence-electron chi connectivity index (χ4n) is 6.89. The molecule has 3 N–H and O–H groups in total. The van der Waals surface area contributed by atoms with E-state index in [4.69, 9.17) is 9.47 Å². The average molecular weight is 646 g/mol. The van der Waals surface area contributed by atoms with Gasteiger partial charge < -0.3 is 25.2 Å². The number of urea groups is 1. The van der Waals surface area contributed by atoms with Crippen molar-refractivity contribution >= 4 is 6.03 Å². The molecule has 4 aromatic rings. The van der Waals surface area contributed by atoms with E-state index in [1.165, 1.54) is 25.7 Å². The third-order valence-electron chi connectivity index (χ3n) is 9.50. The van der Waals surface area contributed by atoms with E-state index < -0.39 is 6.29 Å². The minimum atomic E-state index is -0.514. The average Bonchev–Trinajstić information content (AvgIpc) is 3.69. The lowest BCUT2D eigenvalue weighted by Crippen LogP contribution is -2.43. The molecule has 6 rings (SSSR count). The van der Waals surface area contributed by atoms with Crippen LogP contribution in [0, 0.1) is 0 Å². The Kier molecular flexibility index (Phi) is 11.7. The van der Waals surface area contributed by atoms with Crippen molar-refractivity contribution in [2.75, 3.05) is 13.1 Å². The Labute approximate surface area is 284 Å². The van der Waals surface area contributed by atoms with Crippen LogP contribution in [0.1, 0.15) is 72.3 Å². The summed E-state index contributed by atoms with van der Waals surface area (Å²) in [5.41, 5.74) is 7.15. The van der Waals surface area contributed by atoms with Gasteiger partial charge in [-0.05, 0) is 46.2 Å². The molecule has 48 heavy (non-hydrogen) atoms. The molecule has 1 heterocycles. The maximum atomic E-state index is 12.6. The summed E-state index contributed by atoms with van der Waals surface area (Å²) in [6, 6.07) is 34.8. The number of aliphatic hydroxyl groups excluding tert-OH is 1. The fraction of sp³-hybridized carbons (Fsp3) is 0.341. The molecule has 2 amide bonds. The lowest BCUT2D eigenvalue weighted by Gasteiger charge is -2.39. The molecule has 0 unspecified atom stereocenters. The number of carbonyl (C=O) groups is 1. The highest BCUT2D eigenvalue weighted by Gasteiger charge is 2.34. The summed E-state index contributed by atoms with van der Waals surface area (Å²) < 4.78 is 13.3. The predicted octanol–water partition coefficient (Wildman–Crippen LogP) is 7.82. The summed E-state index contributed by atoms with van der Waals surface area (Å²) in [5.74, 6) is 0. The molecular weight excluding hydrogens is 598 g/mol. The minimum Gasteiger partial charge on any atom is -0.392 e. The van der Waals surface area contributed by atoms with Crippen molar-refractivity contribution in [1.29, 1.82) is 0 Å². The maximum absolute atomic E-state index is 12.6. The zero-order valence-electron chi connectivity index (χ0n) is 27.6. The molecule has 1 aliphatic carbocycles. The monoisotopic (exact) mass is 645 g/mol. The molecule has 1 saturated heterocycles. The summed E-state index contributed by atoms with van der Waals surface area (Å²) in [6.45, 7) is 6.62. The molecule has 1 saturated carbocycles. The van der Waals surface area contributed by atoms with Crippen LogP contribution in [0.25, 0.3) is 11.1 Å². The van der Waals surface area contributed by atoms with Crippen LogP contribution in [0.15, 0.2) is 116 Å². The number of nitrogens with one attached hydrogen (secondary N) is 2. The number of hydrogen-bond acceptors (Lipinski definition) is 5. The maximum Gasteiger partial charge on any atom is 0.315 e. The van der Waals surface area contributed by atoms with E-state index in [-0.39, 0.29) is 24.8 Å². The standard InChI is InChI=1S/C41H47N3O4/c1-2-24-44(36-13-7-8-14-36)28-37-25-39(33-18-16-31(29-45)17-19-33)48-40(47-37)34-22-20-32(21-23-34)38-15-9-6-12-35(38)27-43-41(46)42-26-30-10-4-3-5-11-30/h2-6,9-12,15-23,36-37,39-40,45H,1,7-8,13-14,24-29H2,(H2,42,43,46)/t37-,39+,40+/m0/s1. The van der Waals surface area contributed by atoms with Gasteiger partial charge in [-0.1, -0.05) is 122 Å². The molecule has 3 atom stereocenters. The van der Waals surface area contributed by atoms with Crippen LogP contribution in [0.2, 0.25) is 0 Å². The van der Waals surface area contributed by atoms with Crippen LogP contribution < -0.4 is 10.6 Å². The van der Waals surface area contributed by atoms with Crippen molar-refractivity contribution in [1.82, 2.24) is 15.5 Å². The molecule has 250 valence electrons. The number of hydrogen-bond donors (Lipinski definition) is 3. The van der Waals surface area contributed by atoms with Gasteiger partial charge in [-0.2, -0.15) is 0 Å². The molecule has 7 nitrogen and oxygen atoms in total. The van der Waals surface area contributed by atoms with Gasteiger partial charge in [-0.3, -0.25) is 4.90 Å². The van der Waals surface area contributed by atoms with Crippen LogP contribution in [0.4, 0.5) is 4.79 Å². The number of ether oxygens (including phenoxy) is 2. The number of amides is 2. The number of nitrogens with zero attached hydrogens (tertiary/aromatic N) is 1. The van der Waals surface area contributed by atoms with E-state index in [1.807, 2.05) is 66.7 Å². The molecule has 0 aromatic heterocycles. The topological polar surface area (TPSA) is 83.1 Å². The van der Waals surface area contributed by atoms with Gasteiger partial charge in [0.15, 0.2) is 6.29 Å². The van der Waals surface area contributed by atoms with Crippen LogP contribution >= 0.6 is 0 Å². The number of benzene rings is 4. The first-order valence-corrected chi connectivity index (χ1v) is 17.2. The second-order valence-electron chi connectivity index (χ2n) is 12.8. The van der Waals surface area contributed by atoms with Gasteiger partial charge in [-0.15, -0.1) is 6.58 Å². The molecule has 2 fully saturated rings. The summed E-state index contributed by atoms with van der Waals surface area (Å²) in [4.78, 5) is 15.1. The lowest BCUT2D eigenvalue weighted by molar-refractivity contribution is -0.253. The van der Waals surface area contributed by atoms with Gasteiger partial charge in [0.25, 0.3) is 0 Å². The Morgan fingerprint density at radius 2 is 1.50 bits per heavy atom. The third-order valence-corrected chi connectivity index (χ3v) is 9.50. The first kappa shape index (κ1) is 33.6. The molecule has 7 heteroatoms. The lowest BCUT2D eigenvalue weighted by atomic mass is 9.97. The molecule has 0 spiro atoms. The van der Waals surface area contributed by atoms with E-state index >= 15 is 0 Å². The van der Waals surface area contributed by atoms with E-state index in [0.717, 1.165) is 58.5 Å². The van der Waals surface area contributed by atoms with Gasteiger partial charge >= 0.3 is 6.03 Å². The van der Waals surface area contributed by atoms with Gasteiger partial charge in [0.1, 0.15) is 0 Å². The smallest absolute Gasteiger partial charge is 0.315 e. The Balaban J connectivity index is 1.16. The molecule has 2 aliphatic rings. The van der Waals surface area contributed by atoms with Gasteiger partial charge in [0.2, 0.25) is 0 Å². The molecule has 0 radical (unpaired) electrons. The Morgan fingerprint density at radius 3 is 2.23 bits per heavy atom. The molecule has 1 aliphatic heterocycles. The van der Waals surface area contributed by atoms with Crippen LogP contribution in [-0.4, -0.2) is 41.3 Å². The van der Waals surface area contributed by atoms with E-state index in [0.29, 0.717) is 19.1 Å². The van der Waals surface area contributed by atoms with Crippen LogP contribution in [-0.2, 0) is 29.2 Å². The van der Waals surface area contributed by atoms with Crippen molar-refractivity contribution in [3.63, 3.8) is 0 Å². The number of carbonyl (C=O) groups excluding carboxylic acids is 1. The van der Waals surface area contributed by atoms with Gasteiger partial charge in [0.05, 0.1) is 18.8 Å². The Morgan fingerprint density at radius 1 is 0.812 bits per heavy atom. The second kappa shape index (κ2) is 16.7. The SMILES string of the molecule is C=CCN(C[C@@H]1C[C@H](c2ccc(CO)cc2)O[C@H](c2ccc(-c3ccccc3CNC(=O)NCc3ccccc3)cc2)O1)C1CCCC1. The van der Waals surface area contributed by atoms with E-state index in [9.17, 15) is 9.90 Å². The first-order chi connectivity index (χ1) is 23.6. The Bertz CT molecular complexity index is 1600. The highest BCUT2D eigenvalue weighted by atomic mass is 16.7. The number of aliphatic hydroxyl groups is 1. The fourth-order valence-corrected chi connectivity index (χ4v) is 6.89. The van der Waals surface area contributed by atoms with Crippen molar-refractivity contribution in [2.24, 2.45) is 0 Å². The zero-order chi connectivity index (χ0) is 33.1. The highest BCUT2D eigenvalue weighted by Crippen LogP contribution is 2.39. The summed E-state index contributed by atoms with van der Waals surface area (Å²) in [5, 5.41) is 15.5. The predicted molar refractivity (Wildman–Crippen MR) is 190 cm³/mol. The molecule has 4 aromatic carbocycles. The van der Waals surface area contributed by atoms with Gasteiger partial charge in [0, 0.05) is 44.2 Å². The molecule has 0 bridgehead atoms. The normalized spacial score (nSPS) is 19.7. The van der Waals surface area contributed by atoms with Gasteiger partial charge in [-0.25, -0.2) is 4.79 Å². The van der Waals surface area contributed by atoms with E-state index in [1.54, 1.807) is 0 Å². The first-order valence-electron chi connectivity index (χ1n) is 17.2. The van der Waals surface area contributed by atoms with Crippen molar-refractivity contribution in [3.05, 3.63) is 144 Å². The van der Waals surface area contributed by atoms with Crippen LogP contribution in [0.3, 0.4) is 0 Å². The van der Waals surface area contributed by atoms with Crippen molar-refractivity contribution in [3.8, 4) is 11.1 Å². The highest BCUT2D eigenvalue weighted by molar-refractivity contribution is 5.75. The second-order valence-corrected chi connectivity index (χ2v) is 12.8. The quantitative estimate of drug-likeness (QED) is 0.129. The zero-order valence-corrected chi connectivity index (χ0v) is 27.6. The number of rotatable bonds is 13. The van der Waals surface area contributed by atoms with Crippen LogP contribution in [0.5, 0.6) is 0 Å². The van der Waals surface area contributed by atoms with E-state index in [2.05, 4.69) is 64.6 Å². The summed E-state index contributed by atoms with van der Waals surface area (Å²) >= 11 is 0. The van der Waals surface area contributed by atoms with Crippen molar-refractivity contribution in [2.45, 2.75) is 76.3 Å². The summed E-state index contributed by atoms with van der Waals surface area (Å²) in [6.07, 6.45) is 7.12. The summed E-state index contributed by atoms with van der Waals surface area (Å²) in [7, 11) is 0. The minimum absolute atomic E-state index is 0.00803. The van der Waals surface area contributed by atoms with Crippen molar-refractivity contribution < 1.29 is 19.4 Å². The Hall–Kier alpha value is -4.27.